The van der Waals surface area contributed by atoms with Crippen LogP contribution in [0.15, 0.2) is 0 Å². The van der Waals surface area contributed by atoms with Crippen LogP contribution in [-0.2, 0) is 4.74 Å². The van der Waals surface area contributed by atoms with E-state index in [2.05, 4.69) is 12.2 Å². The summed E-state index contributed by atoms with van der Waals surface area (Å²) in [5, 5.41) is 3.33. The molecule has 2 nitrogen and oxygen atoms in total. The van der Waals surface area contributed by atoms with Crippen LogP contribution in [0.3, 0.4) is 0 Å². The molecule has 1 heterocycles. The Balaban J connectivity index is 2.29. The van der Waals surface area contributed by atoms with Crippen molar-refractivity contribution in [1.82, 2.24) is 5.32 Å². The van der Waals surface area contributed by atoms with E-state index < -0.39 is 0 Å². The first-order valence-electron chi connectivity index (χ1n) is 4.75. The van der Waals surface area contributed by atoms with Crippen molar-refractivity contribution in [3.8, 4) is 0 Å². The average molecular weight is 189 g/mol. The number of likely N-dealkylation sites (N-methyl/N-ethyl adjacent to an activating group) is 1. The van der Waals surface area contributed by atoms with E-state index in [1.165, 1.54) is 18.6 Å². The third kappa shape index (κ3) is 2.96. The Kier molecular flexibility index (Phi) is 5.04. The van der Waals surface area contributed by atoms with Gasteiger partial charge in [0.2, 0.25) is 0 Å². The number of ether oxygens (including phenoxy) is 1. The van der Waals surface area contributed by atoms with Crippen molar-refractivity contribution < 1.29 is 4.74 Å². The van der Waals surface area contributed by atoms with Crippen molar-refractivity contribution in [2.45, 2.75) is 31.9 Å². The molecule has 0 aromatic carbocycles. The van der Waals surface area contributed by atoms with Crippen LogP contribution in [0.4, 0.5) is 0 Å². The zero-order valence-electron chi connectivity index (χ0n) is 8.01. The highest BCUT2D eigenvalue weighted by Gasteiger charge is 2.22. The normalized spacial score (nSPS) is 27.0. The molecule has 1 fully saturated rings. The monoisotopic (exact) mass is 189 g/mol. The lowest BCUT2D eigenvalue weighted by Gasteiger charge is -2.29. The Morgan fingerprint density at radius 2 is 2.50 bits per heavy atom. The van der Waals surface area contributed by atoms with Crippen molar-refractivity contribution in [2.75, 3.05) is 25.2 Å². The maximum Gasteiger partial charge on any atom is 0.0818 e. The van der Waals surface area contributed by atoms with E-state index in [9.17, 15) is 0 Å². The Labute approximate surface area is 79.4 Å². The van der Waals surface area contributed by atoms with Gasteiger partial charge in [0.05, 0.1) is 12.7 Å². The minimum Gasteiger partial charge on any atom is -0.375 e. The van der Waals surface area contributed by atoms with Gasteiger partial charge in [-0.15, -0.1) is 0 Å². The molecule has 0 bridgehead atoms. The lowest BCUT2D eigenvalue weighted by molar-refractivity contribution is 0.0467. The summed E-state index contributed by atoms with van der Waals surface area (Å²) < 4.78 is 5.70. The van der Waals surface area contributed by atoms with Gasteiger partial charge in [-0.05, 0) is 13.5 Å². The van der Waals surface area contributed by atoms with E-state index in [1.807, 2.05) is 18.8 Å². The average Bonchev–Trinajstić information content (AvgIpc) is 2.15. The molecule has 1 saturated heterocycles. The summed E-state index contributed by atoms with van der Waals surface area (Å²) in [7, 11) is 2.03. The van der Waals surface area contributed by atoms with E-state index in [1.54, 1.807) is 0 Å². The fourth-order valence-electron chi connectivity index (χ4n) is 1.57. The maximum absolute atomic E-state index is 5.70. The van der Waals surface area contributed by atoms with Crippen molar-refractivity contribution in [3.05, 3.63) is 0 Å². The molecule has 0 amide bonds. The molecule has 0 aliphatic carbocycles. The van der Waals surface area contributed by atoms with Crippen LogP contribution < -0.4 is 5.32 Å². The second-order valence-electron chi connectivity index (χ2n) is 3.17. The fraction of sp³-hybridized carbons (Fsp3) is 1.00. The summed E-state index contributed by atoms with van der Waals surface area (Å²) in [6.45, 7) is 3.15. The molecule has 1 aliphatic rings. The van der Waals surface area contributed by atoms with Crippen molar-refractivity contribution >= 4 is 11.8 Å². The van der Waals surface area contributed by atoms with Gasteiger partial charge in [0.1, 0.15) is 0 Å². The van der Waals surface area contributed by atoms with Gasteiger partial charge in [-0.1, -0.05) is 13.3 Å². The maximum atomic E-state index is 5.70. The van der Waals surface area contributed by atoms with Crippen LogP contribution in [0.2, 0.25) is 0 Å². The van der Waals surface area contributed by atoms with E-state index in [0.29, 0.717) is 12.1 Å². The zero-order valence-corrected chi connectivity index (χ0v) is 8.82. The first-order chi connectivity index (χ1) is 5.88. The van der Waals surface area contributed by atoms with E-state index in [-0.39, 0.29) is 0 Å². The molecule has 0 aromatic heterocycles. The van der Waals surface area contributed by atoms with Crippen LogP contribution in [0.1, 0.15) is 19.8 Å². The second kappa shape index (κ2) is 5.84. The highest BCUT2D eigenvalue weighted by Crippen LogP contribution is 2.17. The predicted molar refractivity (Wildman–Crippen MR) is 54.8 cm³/mol. The van der Waals surface area contributed by atoms with Crippen LogP contribution >= 0.6 is 11.8 Å². The van der Waals surface area contributed by atoms with Gasteiger partial charge >= 0.3 is 0 Å². The molecule has 3 heteroatoms. The first-order valence-corrected chi connectivity index (χ1v) is 5.90. The smallest absolute Gasteiger partial charge is 0.0818 e. The standard InChI is InChI=1S/C9H19NOS/c1-3-4-8(10-2)9-7-12-6-5-11-9/h8-10H,3-7H2,1-2H3. The summed E-state index contributed by atoms with van der Waals surface area (Å²) in [5.74, 6) is 2.32. The highest BCUT2D eigenvalue weighted by atomic mass is 32.2. The highest BCUT2D eigenvalue weighted by molar-refractivity contribution is 7.99. The topological polar surface area (TPSA) is 21.3 Å². The summed E-state index contributed by atoms with van der Waals surface area (Å²) >= 11 is 2.01. The van der Waals surface area contributed by atoms with Gasteiger partial charge < -0.3 is 10.1 Å². The van der Waals surface area contributed by atoms with Crippen LogP contribution in [0.25, 0.3) is 0 Å². The summed E-state index contributed by atoms with van der Waals surface area (Å²) in [6, 6.07) is 0.558. The van der Waals surface area contributed by atoms with Crippen molar-refractivity contribution in [1.29, 1.82) is 0 Å². The molecule has 1 aliphatic heterocycles. The Morgan fingerprint density at radius 3 is 3.00 bits per heavy atom. The predicted octanol–water partition coefficient (Wildman–Crippen LogP) is 1.51. The number of hydrogen-bond acceptors (Lipinski definition) is 3. The Morgan fingerprint density at radius 1 is 1.67 bits per heavy atom. The van der Waals surface area contributed by atoms with Gasteiger partial charge in [-0.25, -0.2) is 0 Å². The van der Waals surface area contributed by atoms with Gasteiger partial charge in [-0.3, -0.25) is 0 Å². The van der Waals surface area contributed by atoms with Gasteiger partial charge in [0.25, 0.3) is 0 Å². The molecule has 2 unspecified atom stereocenters. The first kappa shape index (κ1) is 10.4. The minimum absolute atomic E-state index is 0.439. The molecule has 2 atom stereocenters. The fourth-order valence-corrected chi connectivity index (χ4v) is 2.51. The van der Waals surface area contributed by atoms with E-state index in [4.69, 9.17) is 4.74 Å². The minimum atomic E-state index is 0.439. The van der Waals surface area contributed by atoms with E-state index in [0.717, 1.165) is 12.4 Å². The molecular formula is C9H19NOS. The lowest BCUT2D eigenvalue weighted by atomic mass is 10.1. The summed E-state index contributed by atoms with van der Waals surface area (Å²) in [6.07, 6.45) is 2.89. The van der Waals surface area contributed by atoms with Gasteiger partial charge in [0, 0.05) is 17.5 Å². The van der Waals surface area contributed by atoms with E-state index >= 15 is 0 Å². The largest absolute Gasteiger partial charge is 0.375 e. The zero-order chi connectivity index (χ0) is 8.81. The molecule has 0 radical (unpaired) electrons. The van der Waals surface area contributed by atoms with Crippen LogP contribution in [0, 0.1) is 0 Å². The number of thioether (sulfide) groups is 1. The summed E-state index contributed by atoms with van der Waals surface area (Å²) in [5.41, 5.74) is 0. The molecule has 0 spiro atoms. The number of rotatable bonds is 4. The molecule has 0 aromatic rings. The lowest BCUT2D eigenvalue weighted by Crippen LogP contribution is -2.43. The number of hydrogen-bond donors (Lipinski definition) is 1. The van der Waals surface area contributed by atoms with Crippen molar-refractivity contribution in [3.63, 3.8) is 0 Å². The molecule has 1 N–H and O–H groups in total. The molecule has 12 heavy (non-hydrogen) atoms. The summed E-state index contributed by atoms with van der Waals surface area (Å²) in [4.78, 5) is 0. The quantitative estimate of drug-likeness (QED) is 0.724. The second-order valence-corrected chi connectivity index (χ2v) is 4.32. The Hall–Kier alpha value is 0.270. The molecule has 72 valence electrons. The third-order valence-corrected chi connectivity index (χ3v) is 3.28. The Bertz CT molecular complexity index is 112. The molecule has 0 saturated carbocycles. The van der Waals surface area contributed by atoms with Crippen LogP contribution in [0.5, 0.6) is 0 Å². The number of nitrogens with one attached hydrogen (secondary N) is 1. The van der Waals surface area contributed by atoms with Gasteiger partial charge in [0.15, 0.2) is 0 Å². The third-order valence-electron chi connectivity index (χ3n) is 2.26. The van der Waals surface area contributed by atoms with Crippen LogP contribution in [-0.4, -0.2) is 37.3 Å². The molecule has 1 rings (SSSR count). The SMILES string of the molecule is CCCC(NC)C1CSCCO1. The molecular weight excluding hydrogens is 170 g/mol. The van der Waals surface area contributed by atoms with Crippen molar-refractivity contribution in [2.24, 2.45) is 0 Å². The van der Waals surface area contributed by atoms with Gasteiger partial charge in [-0.2, -0.15) is 11.8 Å².